The number of amides is 2. The van der Waals surface area contributed by atoms with Crippen molar-refractivity contribution >= 4 is 23.2 Å². The second-order valence-corrected chi connectivity index (χ2v) is 9.36. The standard InChI is InChI=1S/C26H27N5O4/c1-16-6-7-17(25-29-28-23-5-3-2-4-10-30(23)25)11-20(16)27-26(33)18-12-24(32)31(14-18)19-8-9-21-22(13-19)35-15-34-21/h6-9,11,13,18H,2-5,10,12,14-15H2,1H3,(H,27,33). The van der Waals surface area contributed by atoms with Crippen molar-refractivity contribution in [2.45, 2.75) is 45.6 Å². The van der Waals surface area contributed by atoms with E-state index in [-0.39, 0.29) is 25.0 Å². The van der Waals surface area contributed by atoms with Gasteiger partial charge in [0.25, 0.3) is 0 Å². The van der Waals surface area contributed by atoms with Crippen molar-refractivity contribution in [1.82, 2.24) is 14.8 Å². The molecule has 1 fully saturated rings. The Morgan fingerprint density at radius 1 is 1.06 bits per heavy atom. The van der Waals surface area contributed by atoms with Crippen LogP contribution in [0.2, 0.25) is 0 Å². The summed E-state index contributed by atoms with van der Waals surface area (Å²) in [5, 5.41) is 11.9. The Hall–Kier alpha value is -3.88. The van der Waals surface area contributed by atoms with Crippen LogP contribution in [0, 0.1) is 12.8 Å². The van der Waals surface area contributed by atoms with Crippen molar-refractivity contribution in [3.8, 4) is 22.9 Å². The molecule has 4 heterocycles. The summed E-state index contributed by atoms with van der Waals surface area (Å²) in [6.45, 7) is 3.37. The molecule has 35 heavy (non-hydrogen) atoms. The average molecular weight is 474 g/mol. The molecule has 9 heteroatoms. The maximum absolute atomic E-state index is 13.2. The fraction of sp³-hybridized carbons (Fsp3) is 0.385. The molecule has 2 aromatic carbocycles. The number of fused-ring (bicyclic) bond motifs is 2. The third-order valence-corrected chi connectivity index (χ3v) is 7.03. The summed E-state index contributed by atoms with van der Waals surface area (Å²) < 4.78 is 13.0. The molecule has 0 aliphatic carbocycles. The first-order valence-electron chi connectivity index (χ1n) is 12.1. The van der Waals surface area contributed by atoms with E-state index in [2.05, 4.69) is 20.1 Å². The molecule has 1 aromatic heterocycles. The first-order chi connectivity index (χ1) is 17.1. The molecule has 1 unspecified atom stereocenters. The highest BCUT2D eigenvalue weighted by Gasteiger charge is 2.36. The second-order valence-electron chi connectivity index (χ2n) is 9.36. The third kappa shape index (κ3) is 4.00. The molecule has 1 saturated heterocycles. The van der Waals surface area contributed by atoms with Gasteiger partial charge in [0, 0.05) is 48.9 Å². The van der Waals surface area contributed by atoms with Crippen LogP contribution in [0.3, 0.4) is 0 Å². The molecular weight excluding hydrogens is 446 g/mol. The molecule has 2 amide bonds. The van der Waals surface area contributed by atoms with E-state index >= 15 is 0 Å². The van der Waals surface area contributed by atoms with Crippen molar-refractivity contribution in [3.63, 3.8) is 0 Å². The van der Waals surface area contributed by atoms with E-state index in [0.717, 1.165) is 54.3 Å². The van der Waals surface area contributed by atoms with Gasteiger partial charge in [0.2, 0.25) is 18.6 Å². The van der Waals surface area contributed by atoms with E-state index < -0.39 is 5.92 Å². The van der Waals surface area contributed by atoms with Crippen molar-refractivity contribution < 1.29 is 19.1 Å². The summed E-state index contributed by atoms with van der Waals surface area (Å²) in [4.78, 5) is 27.6. The molecule has 9 nitrogen and oxygen atoms in total. The first kappa shape index (κ1) is 21.6. The third-order valence-electron chi connectivity index (χ3n) is 7.03. The molecule has 0 radical (unpaired) electrons. The maximum Gasteiger partial charge on any atom is 0.231 e. The van der Waals surface area contributed by atoms with Crippen molar-refractivity contribution in [2.75, 3.05) is 23.6 Å². The summed E-state index contributed by atoms with van der Waals surface area (Å²) in [6, 6.07) is 11.4. The topological polar surface area (TPSA) is 98.6 Å². The molecule has 6 rings (SSSR count). The summed E-state index contributed by atoms with van der Waals surface area (Å²) in [6.07, 6.45) is 4.55. The lowest BCUT2D eigenvalue weighted by molar-refractivity contribution is -0.122. The lowest BCUT2D eigenvalue weighted by Gasteiger charge is -2.17. The SMILES string of the molecule is Cc1ccc(-c2nnc3n2CCCCC3)cc1NC(=O)C1CC(=O)N(c2ccc3c(c2)OCO3)C1. The van der Waals surface area contributed by atoms with Gasteiger partial charge >= 0.3 is 0 Å². The van der Waals surface area contributed by atoms with Crippen LogP contribution in [0.1, 0.15) is 37.1 Å². The Balaban J connectivity index is 1.19. The van der Waals surface area contributed by atoms with Crippen LogP contribution in [0.25, 0.3) is 11.4 Å². The number of aromatic nitrogens is 3. The van der Waals surface area contributed by atoms with Gasteiger partial charge < -0.3 is 24.3 Å². The van der Waals surface area contributed by atoms with Crippen LogP contribution in [0.15, 0.2) is 36.4 Å². The number of hydrogen-bond acceptors (Lipinski definition) is 6. The van der Waals surface area contributed by atoms with E-state index in [1.54, 1.807) is 17.0 Å². The predicted molar refractivity (Wildman–Crippen MR) is 129 cm³/mol. The molecule has 0 spiro atoms. The minimum absolute atomic E-state index is 0.0827. The Morgan fingerprint density at radius 2 is 1.94 bits per heavy atom. The second kappa shape index (κ2) is 8.72. The maximum atomic E-state index is 13.2. The van der Waals surface area contributed by atoms with Gasteiger partial charge in [-0.2, -0.15) is 0 Å². The predicted octanol–water partition coefficient (Wildman–Crippen LogP) is 3.70. The number of rotatable bonds is 4. The summed E-state index contributed by atoms with van der Waals surface area (Å²) in [5.74, 6) is 2.44. The number of carbonyl (C=O) groups excluding carboxylic acids is 2. The summed E-state index contributed by atoms with van der Waals surface area (Å²) in [7, 11) is 0. The van der Waals surface area contributed by atoms with Crippen LogP contribution in [0.5, 0.6) is 11.5 Å². The number of benzene rings is 2. The van der Waals surface area contributed by atoms with E-state index in [1.165, 1.54) is 6.42 Å². The normalized spacial score (nSPS) is 18.9. The van der Waals surface area contributed by atoms with Gasteiger partial charge in [0.05, 0.1) is 5.92 Å². The number of hydrogen-bond donors (Lipinski definition) is 1. The van der Waals surface area contributed by atoms with Gasteiger partial charge in [-0.15, -0.1) is 10.2 Å². The summed E-state index contributed by atoms with van der Waals surface area (Å²) >= 11 is 0. The fourth-order valence-corrected chi connectivity index (χ4v) is 5.01. The van der Waals surface area contributed by atoms with Gasteiger partial charge in [-0.25, -0.2) is 0 Å². The van der Waals surface area contributed by atoms with Gasteiger partial charge in [-0.05, 0) is 43.5 Å². The van der Waals surface area contributed by atoms with Crippen LogP contribution in [0.4, 0.5) is 11.4 Å². The number of aryl methyl sites for hydroxylation is 2. The smallest absolute Gasteiger partial charge is 0.231 e. The van der Waals surface area contributed by atoms with E-state index in [0.29, 0.717) is 23.7 Å². The number of carbonyl (C=O) groups is 2. The molecule has 1 N–H and O–H groups in total. The minimum Gasteiger partial charge on any atom is -0.454 e. The zero-order valence-corrected chi connectivity index (χ0v) is 19.6. The van der Waals surface area contributed by atoms with Crippen LogP contribution >= 0.6 is 0 Å². The van der Waals surface area contributed by atoms with Crippen molar-refractivity contribution in [3.05, 3.63) is 47.8 Å². The largest absolute Gasteiger partial charge is 0.454 e. The highest BCUT2D eigenvalue weighted by Crippen LogP contribution is 2.37. The molecule has 3 aliphatic heterocycles. The molecular formula is C26H27N5O4. The van der Waals surface area contributed by atoms with E-state index in [1.807, 2.05) is 31.2 Å². The first-order valence-corrected chi connectivity index (χ1v) is 12.1. The Labute approximate surface area is 203 Å². The Bertz CT molecular complexity index is 1320. The van der Waals surface area contributed by atoms with Crippen molar-refractivity contribution in [1.29, 1.82) is 0 Å². The number of nitrogens with one attached hydrogen (secondary N) is 1. The van der Waals surface area contributed by atoms with Crippen LogP contribution < -0.4 is 19.7 Å². The molecule has 180 valence electrons. The lowest BCUT2D eigenvalue weighted by Crippen LogP contribution is -2.28. The monoisotopic (exact) mass is 473 g/mol. The number of anilines is 2. The molecule has 3 aliphatic rings. The van der Waals surface area contributed by atoms with Crippen LogP contribution in [-0.4, -0.2) is 39.9 Å². The van der Waals surface area contributed by atoms with Crippen LogP contribution in [-0.2, 0) is 22.6 Å². The molecule has 1 atom stereocenters. The van der Waals surface area contributed by atoms with E-state index in [9.17, 15) is 9.59 Å². The zero-order chi connectivity index (χ0) is 23.9. The Morgan fingerprint density at radius 3 is 2.86 bits per heavy atom. The molecule has 0 bridgehead atoms. The molecule has 0 saturated carbocycles. The highest BCUT2D eigenvalue weighted by molar-refractivity contribution is 6.04. The quantitative estimate of drug-likeness (QED) is 0.621. The van der Waals surface area contributed by atoms with Gasteiger partial charge in [0.15, 0.2) is 17.3 Å². The Kier molecular flexibility index (Phi) is 5.39. The highest BCUT2D eigenvalue weighted by atomic mass is 16.7. The minimum atomic E-state index is -0.444. The number of nitrogens with zero attached hydrogens (tertiary/aromatic N) is 4. The number of ether oxygens (including phenoxy) is 2. The van der Waals surface area contributed by atoms with Gasteiger partial charge in [-0.3, -0.25) is 9.59 Å². The lowest BCUT2D eigenvalue weighted by atomic mass is 10.1. The fourth-order valence-electron chi connectivity index (χ4n) is 5.01. The molecule has 3 aromatic rings. The van der Waals surface area contributed by atoms with Gasteiger partial charge in [0.1, 0.15) is 5.82 Å². The zero-order valence-electron chi connectivity index (χ0n) is 19.6. The van der Waals surface area contributed by atoms with Crippen molar-refractivity contribution in [2.24, 2.45) is 5.92 Å². The summed E-state index contributed by atoms with van der Waals surface area (Å²) in [5.41, 5.74) is 3.32. The van der Waals surface area contributed by atoms with Gasteiger partial charge in [-0.1, -0.05) is 18.6 Å². The van der Waals surface area contributed by atoms with E-state index in [4.69, 9.17) is 9.47 Å². The average Bonchev–Trinajstić information content (AvgIpc) is 3.55.